The van der Waals surface area contributed by atoms with Crippen LogP contribution in [0.3, 0.4) is 0 Å². The molecule has 0 spiro atoms. The van der Waals surface area contributed by atoms with Gasteiger partial charge < -0.3 is 104 Å². The maximum atomic E-state index is 13.0. The molecule has 0 aliphatic carbocycles. The van der Waals surface area contributed by atoms with E-state index in [1.165, 1.54) is 74.7 Å². The summed E-state index contributed by atoms with van der Waals surface area (Å²) in [6.07, 6.45) is -20.6. The normalized spacial score (nSPS) is 32.0. The SMILES string of the molecule is COc1cc(C=CC(=O)OCC2OC(OC3C(C)OC(OCC4OC(OCCc5ccc(O)c(O)c5)C(O)C(O)C4OC(=O)C=Cc4ccc(O)c(O)c4)C(O)C3O)C(O)C(O)C2O)ccc1O. The zero-order valence-electron chi connectivity index (χ0n) is 36.4. The minimum absolute atomic E-state index is 0.117. The molecule has 0 amide bonds. The number of carbonyl (C=O) groups is 2. The number of phenolic OH excluding ortho intramolecular Hbond substituents is 5. The van der Waals surface area contributed by atoms with E-state index >= 15 is 0 Å². The van der Waals surface area contributed by atoms with Crippen LogP contribution in [-0.2, 0) is 53.9 Å². The van der Waals surface area contributed by atoms with Crippen molar-refractivity contribution in [3.8, 4) is 34.5 Å². The van der Waals surface area contributed by atoms with Crippen molar-refractivity contribution in [1.29, 1.82) is 0 Å². The Morgan fingerprint density at radius 1 is 0.574 bits per heavy atom. The first-order valence-electron chi connectivity index (χ1n) is 21.1. The smallest absolute Gasteiger partial charge is 0.331 e. The Morgan fingerprint density at radius 2 is 1.15 bits per heavy atom. The van der Waals surface area contributed by atoms with Gasteiger partial charge in [0.2, 0.25) is 0 Å². The molecule has 0 radical (unpaired) electrons. The molecule has 23 nitrogen and oxygen atoms in total. The molecule has 23 heteroatoms. The van der Waals surface area contributed by atoms with E-state index in [1.54, 1.807) is 0 Å². The fourth-order valence-electron chi connectivity index (χ4n) is 7.34. The molecule has 15 atom stereocenters. The van der Waals surface area contributed by atoms with Crippen LogP contribution in [0, 0.1) is 0 Å². The summed E-state index contributed by atoms with van der Waals surface area (Å²) in [6, 6.07) is 12.1. The predicted octanol–water partition coefficient (Wildman–Crippen LogP) is -1.21. The van der Waals surface area contributed by atoms with Crippen LogP contribution in [0.2, 0.25) is 0 Å². The Hall–Kier alpha value is -5.64. The lowest BCUT2D eigenvalue weighted by molar-refractivity contribution is -0.360. The number of rotatable bonds is 17. The molecule has 3 aliphatic rings. The number of aromatic hydroxyl groups is 5. The summed E-state index contributed by atoms with van der Waals surface area (Å²) in [6.45, 7) is -0.0376. The van der Waals surface area contributed by atoms with Gasteiger partial charge in [0, 0.05) is 12.2 Å². The molecule has 68 heavy (non-hydrogen) atoms. The second-order valence-electron chi connectivity index (χ2n) is 16.0. The van der Waals surface area contributed by atoms with Crippen LogP contribution in [0.1, 0.15) is 23.6 Å². The molecular formula is C45H54O23. The minimum Gasteiger partial charge on any atom is -0.504 e. The van der Waals surface area contributed by atoms with Gasteiger partial charge in [-0.3, -0.25) is 0 Å². The molecule has 15 unspecified atom stereocenters. The molecule has 12 N–H and O–H groups in total. The van der Waals surface area contributed by atoms with E-state index in [4.69, 9.17) is 42.6 Å². The number of phenols is 5. The average Bonchev–Trinajstić information content (AvgIpc) is 3.31. The van der Waals surface area contributed by atoms with Gasteiger partial charge in [-0.15, -0.1) is 0 Å². The number of hydrogen-bond acceptors (Lipinski definition) is 23. The van der Waals surface area contributed by atoms with Crippen LogP contribution in [0.4, 0.5) is 0 Å². The van der Waals surface area contributed by atoms with Crippen molar-refractivity contribution in [2.45, 2.75) is 105 Å². The third-order valence-corrected chi connectivity index (χ3v) is 11.2. The third kappa shape index (κ3) is 12.7. The van der Waals surface area contributed by atoms with Crippen molar-refractivity contribution in [1.82, 2.24) is 0 Å². The van der Waals surface area contributed by atoms with Gasteiger partial charge in [-0.1, -0.05) is 18.2 Å². The van der Waals surface area contributed by atoms with Gasteiger partial charge in [0.05, 0.1) is 26.4 Å². The Kier molecular flexibility index (Phi) is 17.6. The van der Waals surface area contributed by atoms with Gasteiger partial charge in [-0.2, -0.15) is 0 Å². The van der Waals surface area contributed by atoms with E-state index in [0.29, 0.717) is 11.1 Å². The quantitative estimate of drug-likeness (QED) is 0.0429. The summed E-state index contributed by atoms with van der Waals surface area (Å²) in [4.78, 5) is 25.5. The summed E-state index contributed by atoms with van der Waals surface area (Å²) in [5, 5.41) is 125. The van der Waals surface area contributed by atoms with Crippen molar-refractivity contribution in [3.63, 3.8) is 0 Å². The van der Waals surface area contributed by atoms with E-state index in [1.807, 2.05) is 0 Å². The highest BCUT2D eigenvalue weighted by atomic mass is 16.8. The van der Waals surface area contributed by atoms with Gasteiger partial charge in [0.1, 0.15) is 67.6 Å². The molecule has 3 saturated heterocycles. The molecule has 3 heterocycles. The second-order valence-corrected chi connectivity index (χ2v) is 16.0. The largest absolute Gasteiger partial charge is 0.504 e. The summed E-state index contributed by atoms with van der Waals surface area (Å²) >= 11 is 0. The van der Waals surface area contributed by atoms with Crippen molar-refractivity contribution >= 4 is 24.1 Å². The van der Waals surface area contributed by atoms with E-state index in [2.05, 4.69) is 0 Å². The van der Waals surface area contributed by atoms with Gasteiger partial charge in [0.25, 0.3) is 0 Å². The molecule has 3 aliphatic heterocycles. The molecule has 0 aromatic heterocycles. The summed E-state index contributed by atoms with van der Waals surface area (Å²) < 4.78 is 50.4. The highest BCUT2D eigenvalue weighted by Crippen LogP contribution is 2.33. The number of methoxy groups -OCH3 is 1. The molecule has 3 aromatic carbocycles. The van der Waals surface area contributed by atoms with Crippen molar-refractivity contribution in [2.24, 2.45) is 0 Å². The molecule has 3 aromatic rings. The maximum Gasteiger partial charge on any atom is 0.331 e. The van der Waals surface area contributed by atoms with Gasteiger partial charge >= 0.3 is 11.9 Å². The zero-order valence-corrected chi connectivity index (χ0v) is 36.4. The maximum absolute atomic E-state index is 13.0. The van der Waals surface area contributed by atoms with Gasteiger partial charge in [-0.05, 0) is 78.6 Å². The molecule has 0 saturated carbocycles. The monoisotopic (exact) mass is 962 g/mol. The highest BCUT2D eigenvalue weighted by Gasteiger charge is 2.52. The number of benzene rings is 3. The van der Waals surface area contributed by atoms with Crippen molar-refractivity contribution < 1.29 is 113 Å². The van der Waals surface area contributed by atoms with Crippen LogP contribution >= 0.6 is 0 Å². The highest BCUT2D eigenvalue weighted by molar-refractivity contribution is 5.88. The van der Waals surface area contributed by atoms with Crippen LogP contribution in [0.15, 0.2) is 66.7 Å². The topological polar surface area (TPSA) is 360 Å². The minimum atomic E-state index is -1.91. The first kappa shape index (κ1) is 51.7. The van der Waals surface area contributed by atoms with Gasteiger partial charge in [-0.25, -0.2) is 9.59 Å². The standard InChI is InChI=1S/C45H54O23/c1-20-41(68-45-38(57)35(54)34(53)30(65-45)18-62-32(51)11-6-22-5-10-26(48)29(17-22)60-2)36(55)39(58)44(64-20)63-19-31-42(67-33(52)12-7-21-3-8-24(46)27(49)15-21)37(56)40(59)43(66-31)61-14-13-23-4-9-25(47)28(50)16-23/h3-12,15-17,20,30-31,34-50,53-59H,13-14,18-19H2,1-2H3. The zero-order chi connectivity index (χ0) is 49.4. The summed E-state index contributed by atoms with van der Waals surface area (Å²) in [7, 11) is 1.35. The van der Waals surface area contributed by atoms with Crippen molar-refractivity contribution in [3.05, 3.63) is 83.4 Å². The van der Waals surface area contributed by atoms with Gasteiger partial charge in [0.15, 0.2) is 59.5 Å². The fraction of sp³-hybridized carbons (Fsp3) is 0.467. The number of aliphatic hydroxyl groups is 7. The number of hydrogen-bond donors (Lipinski definition) is 12. The van der Waals surface area contributed by atoms with Crippen molar-refractivity contribution in [2.75, 3.05) is 26.9 Å². The average molecular weight is 963 g/mol. The number of esters is 2. The second kappa shape index (κ2) is 23.1. The van der Waals surface area contributed by atoms with Crippen LogP contribution in [0.5, 0.6) is 34.5 Å². The lowest BCUT2D eigenvalue weighted by Gasteiger charge is -2.46. The summed E-state index contributed by atoms with van der Waals surface area (Å²) in [5.41, 5.74) is 1.29. The molecule has 0 bridgehead atoms. The Balaban J connectivity index is 1.08. The lowest BCUT2D eigenvalue weighted by atomic mass is 9.97. The Morgan fingerprint density at radius 3 is 1.81 bits per heavy atom. The third-order valence-electron chi connectivity index (χ3n) is 11.2. The number of aliphatic hydroxyl groups excluding tert-OH is 7. The number of carbonyl (C=O) groups excluding carboxylic acids is 2. The molecular weight excluding hydrogens is 908 g/mol. The van der Waals surface area contributed by atoms with Crippen LogP contribution in [0.25, 0.3) is 12.2 Å². The van der Waals surface area contributed by atoms with E-state index in [-0.39, 0.29) is 41.6 Å². The predicted molar refractivity (Wildman–Crippen MR) is 227 cm³/mol. The number of ether oxygens (including phenoxy) is 9. The molecule has 3 fully saturated rings. The Labute approximate surface area is 387 Å². The van der Waals surface area contributed by atoms with Crippen LogP contribution in [-0.4, -0.2) is 192 Å². The lowest BCUT2D eigenvalue weighted by Crippen LogP contribution is -2.64. The van der Waals surface area contributed by atoms with E-state index in [0.717, 1.165) is 18.2 Å². The first-order valence-corrected chi connectivity index (χ1v) is 21.1. The first-order chi connectivity index (χ1) is 32.3. The molecule has 6 rings (SSSR count). The Bertz CT molecular complexity index is 2240. The fourth-order valence-corrected chi connectivity index (χ4v) is 7.34. The summed E-state index contributed by atoms with van der Waals surface area (Å²) in [5.74, 6) is -3.48. The molecule has 372 valence electrons. The van der Waals surface area contributed by atoms with Crippen LogP contribution < -0.4 is 4.74 Å². The van der Waals surface area contributed by atoms with E-state index < -0.39 is 129 Å². The van der Waals surface area contributed by atoms with E-state index in [9.17, 15) is 70.9 Å².